The average molecular weight is 222 g/mol. The third-order valence-corrected chi connectivity index (χ3v) is 3.68. The van der Waals surface area contributed by atoms with Crippen molar-refractivity contribution in [3.05, 3.63) is 0 Å². The minimum atomic E-state index is -4.38. The lowest BCUT2D eigenvalue weighted by Gasteiger charge is -2.29. The van der Waals surface area contributed by atoms with Crippen molar-refractivity contribution >= 4 is 10.2 Å². The highest BCUT2D eigenvalue weighted by atomic mass is 32.3. The van der Waals surface area contributed by atoms with Gasteiger partial charge in [0.1, 0.15) is 5.75 Å². The van der Waals surface area contributed by atoms with E-state index in [0.29, 0.717) is 12.3 Å². The van der Waals surface area contributed by atoms with Crippen molar-refractivity contribution < 1.29 is 17.0 Å². The first-order chi connectivity index (χ1) is 6.54. The van der Waals surface area contributed by atoms with Crippen LogP contribution in [-0.4, -0.2) is 26.4 Å². The molecule has 2 rings (SSSR count). The van der Waals surface area contributed by atoms with Crippen LogP contribution in [0.4, 0.5) is 3.89 Å². The van der Waals surface area contributed by atoms with E-state index in [1.807, 2.05) is 0 Å². The SMILES string of the molecule is O=S(=O)(F)CC1CCCC(C2CC2)O1. The molecule has 1 aliphatic heterocycles. The molecule has 5 heteroatoms. The van der Waals surface area contributed by atoms with Gasteiger partial charge in [0.05, 0.1) is 12.2 Å². The van der Waals surface area contributed by atoms with Gasteiger partial charge in [0.15, 0.2) is 0 Å². The predicted octanol–water partition coefficient (Wildman–Crippen LogP) is 1.63. The van der Waals surface area contributed by atoms with Crippen LogP contribution in [0.5, 0.6) is 0 Å². The van der Waals surface area contributed by atoms with Crippen LogP contribution in [0.15, 0.2) is 0 Å². The molecule has 1 saturated carbocycles. The lowest BCUT2D eigenvalue weighted by molar-refractivity contribution is -0.0489. The molecule has 2 unspecified atom stereocenters. The van der Waals surface area contributed by atoms with Crippen molar-refractivity contribution in [3.63, 3.8) is 0 Å². The Balaban J connectivity index is 1.87. The monoisotopic (exact) mass is 222 g/mol. The van der Waals surface area contributed by atoms with Gasteiger partial charge in [-0.25, -0.2) is 0 Å². The molecule has 14 heavy (non-hydrogen) atoms. The Labute approximate surface area is 83.8 Å². The molecule has 0 N–H and O–H groups in total. The molecule has 0 amide bonds. The fraction of sp³-hybridized carbons (Fsp3) is 1.00. The topological polar surface area (TPSA) is 43.4 Å². The van der Waals surface area contributed by atoms with Crippen LogP contribution in [0.25, 0.3) is 0 Å². The van der Waals surface area contributed by atoms with Gasteiger partial charge >= 0.3 is 10.2 Å². The zero-order valence-corrected chi connectivity index (χ0v) is 8.80. The molecule has 2 atom stereocenters. The Bertz CT molecular complexity index is 297. The maximum atomic E-state index is 12.4. The number of hydrogen-bond donors (Lipinski definition) is 0. The minimum Gasteiger partial charge on any atom is -0.374 e. The largest absolute Gasteiger partial charge is 0.374 e. The van der Waals surface area contributed by atoms with Gasteiger partial charge in [-0.05, 0) is 38.0 Å². The van der Waals surface area contributed by atoms with Crippen molar-refractivity contribution in [1.29, 1.82) is 0 Å². The Morgan fingerprint density at radius 2 is 1.93 bits per heavy atom. The van der Waals surface area contributed by atoms with Crippen LogP contribution >= 0.6 is 0 Å². The van der Waals surface area contributed by atoms with E-state index in [1.165, 1.54) is 12.8 Å². The van der Waals surface area contributed by atoms with E-state index in [4.69, 9.17) is 4.74 Å². The van der Waals surface area contributed by atoms with Crippen molar-refractivity contribution in [2.75, 3.05) is 5.75 Å². The van der Waals surface area contributed by atoms with Crippen LogP contribution < -0.4 is 0 Å². The zero-order chi connectivity index (χ0) is 10.2. The van der Waals surface area contributed by atoms with Crippen LogP contribution in [0.1, 0.15) is 32.1 Å². The summed E-state index contributed by atoms with van der Waals surface area (Å²) in [6.07, 6.45) is 4.78. The number of ether oxygens (including phenoxy) is 1. The lowest BCUT2D eigenvalue weighted by Crippen LogP contribution is -2.33. The third kappa shape index (κ3) is 2.92. The summed E-state index contributed by atoms with van der Waals surface area (Å²) in [5.41, 5.74) is 0. The highest BCUT2D eigenvalue weighted by Crippen LogP contribution is 2.39. The van der Waals surface area contributed by atoms with E-state index in [1.54, 1.807) is 0 Å². The Morgan fingerprint density at radius 3 is 2.50 bits per heavy atom. The molecular weight excluding hydrogens is 207 g/mol. The fourth-order valence-electron chi connectivity index (χ4n) is 2.09. The van der Waals surface area contributed by atoms with E-state index >= 15 is 0 Å². The van der Waals surface area contributed by atoms with Crippen molar-refractivity contribution in [1.82, 2.24) is 0 Å². The first-order valence-electron chi connectivity index (χ1n) is 5.12. The van der Waals surface area contributed by atoms with Gasteiger partial charge in [-0.3, -0.25) is 0 Å². The van der Waals surface area contributed by atoms with Crippen molar-refractivity contribution in [3.8, 4) is 0 Å². The highest BCUT2D eigenvalue weighted by molar-refractivity contribution is 7.86. The second kappa shape index (κ2) is 3.77. The number of rotatable bonds is 3. The summed E-state index contributed by atoms with van der Waals surface area (Å²) >= 11 is 0. The Morgan fingerprint density at radius 1 is 1.21 bits per heavy atom. The molecule has 0 aromatic rings. The van der Waals surface area contributed by atoms with E-state index in [2.05, 4.69) is 0 Å². The Kier molecular flexibility index (Phi) is 2.79. The molecule has 0 aromatic heterocycles. The van der Waals surface area contributed by atoms with E-state index in [9.17, 15) is 12.3 Å². The molecule has 1 saturated heterocycles. The van der Waals surface area contributed by atoms with Crippen LogP contribution in [0, 0.1) is 5.92 Å². The molecule has 0 radical (unpaired) electrons. The van der Waals surface area contributed by atoms with Gasteiger partial charge in [-0.15, -0.1) is 3.89 Å². The van der Waals surface area contributed by atoms with Crippen molar-refractivity contribution in [2.24, 2.45) is 5.92 Å². The molecule has 1 heterocycles. The normalized spacial score (nSPS) is 34.4. The quantitative estimate of drug-likeness (QED) is 0.682. The smallest absolute Gasteiger partial charge is 0.304 e. The zero-order valence-electron chi connectivity index (χ0n) is 7.99. The van der Waals surface area contributed by atoms with Gasteiger partial charge in [0.2, 0.25) is 0 Å². The molecule has 2 fully saturated rings. The van der Waals surface area contributed by atoms with Gasteiger partial charge < -0.3 is 4.74 Å². The molecule has 3 nitrogen and oxygen atoms in total. The highest BCUT2D eigenvalue weighted by Gasteiger charge is 2.36. The summed E-state index contributed by atoms with van der Waals surface area (Å²) in [5.74, 6) is 0.149. The number of hydrogen-bond acceptors (Lipinski definition) is 3. The van der Waals surface area contributed by atoms with Crippen LogP contribution in [0.2, 0.25) is 0 Å². The van der Waals surface area contributed by atoms with Gasteiger partial charge in [-0.2, -0.15) is 8.42 Å². The van der Waals surface area contributed by atoms with E-state index in [-0.39, 0.29) is 6.10 Å². The van der Waals surface area contributed by atoms with Gasteiger partial charge in [0, 0.05) is 0 Å². The summed E-state index contributed by atoms with van der Waals surface area (Å²) in [4.78, 5) is 0. The second-order valence-corrected chi connectivity index (χ2v) is 5.68. The van der Waals surface area contributed by atoms with Gasteiger partial charge in [0.25, 0.3) is 0 Å². The summed E-state index contributed by atoms with van der Waals surface area (Å²) in [7, 11) is -4.38. The maximum absolute atomic E-state index is 12.4. The molecule has 82 valence electrons. The minimum absolute atomic E-state index is 0.190. The first kappa shape index (κ1) is 10.4. The second-order valence-electron chi connectivity index (χ2n) is 4.27. The molecular formula is C9H15FO3S. The summed E-state index contributed by atoms with van der Waals surface area (Å²) in [6, 6.07) is 0. The standard InChI is InChI=1S/C9H15FO3S/c10-14(11,12)6-8-2-1-3-9(13-8)7-4-5-7/h7-9H,1-6H2. The maximum Gasteiger partial charge on any atom is 0.304 e. The van der Waals surface area contributed by atoms with E-state index < -0.39 is 22.1 Å². The predicted molar refractivity (Wildman–Crippen MR) is 50.1 cm³/mol. The summed E-state index contributed by atoms with van der Waals surface area (Å²) in [5, 5.41) is 0. The van der Waals surface area contributed by atoms with E-state index in [0.717, 1.165) is 12.8 Å². The van der Waals surface area contributed by atoms with Gasteiger partial charge in [-0.1, -0.05) is 0 Å². The third-order valence-electron chi connectivity index (χ3n) is 2.91. The fourth-order valence-corrected chi connectivity index (χ4v) is 2.78. The summed E-state index contributed by atoms with van der Waals surface area (Å²) in [6.45, 7) is 0. The Hall–Kier alpha value is -0.160. The molecule has 2 aliphatic rings. The van der Waals surface area contributed by atoms with Crippen LogP contribution in [0.3, 0.4) is 0 Å². The molecule has 0 bridgehead atoms. The lowest BCUT2D eigenvalue weighted by atomic mass is 10.0. The molecule has 0 aromatic carbocycles. The van der Waals surface area contributed by atoms with Crippen molar-refractivity contribution in [2.45, 2.75) is 44.3 Å². The average Bonchev–Trinajstić information content (AvgIpc) is 2.83. The molecule has 1 aliphatic carbocycles. The molecule has 0 spiro atoms. The summed E-state index contributed by atoms with van der Waals surface area (Å²) < 4.78 is 38.9. The number of halogens is 1. The van der Waals surface area contributed by atoms with Crippen LogP contribution in [-0.2, 0) is 15.0 Å². The first-order valence-corrected chi connectivity index (χ1v) is 6.67.